The Bertz CT molecular complexity index is 80.5. The Labute approximate surface area is 51.6 Å². The highest BCUT2D eigenvalue weighted by Gasteiger charge is 1.92. The van der Waals surface area contributed by atoms with E-state index >= 15 is 0 Å². The van der Waals surface area contributed by atoms with Crippen molar-refractivity contribution in [3.63, 3.8) is 0 Å². The summed E-state index contributed by atoms with van der Waals surface area (Å²) in [6.07, 6.45) is 0.896. The van der Waals surface area contributed by atoms with Gasteiger partial charge in [0.25, 0.3) is 0 Å². The molecule has 0 aromatic carbocycles. The van der Waals surface area contributed by atoms with Gasteiger partial charge < -0.3 is 10.5 Å². The van der Waals surface area contributed by atoms with E-state index in [1.165, 1.54) is 0 Å². The number of allylic oxidation sites excluding steroid dienone is 1. The normalized spacial score (nSPS) is 8.38. The van der Waals surface area contributed by atoms with Crippen LogP contribution in [0.1, 0.15) is 0 Å². The number of nitrogens with zero attached hydrogens (tertiary/aromatic N) is 1. The molecule has 0 spiro atoms. The minimum atomic E-state index is 0.691. The predicted octanol–water partition coefficient (Wildman–Crippen LogP) is -0.210. The average molecular weight is 112 g/mol. The largest absolute Gasteiger partial charge is 0.382 e. The van der Waals surface area contributed by atoms with Gasteiger partial charge in [0.15, 0.2) is 0 Å². The fourth-order valence-electron chi connectivity index (χ4n) is 0.390. The van der Waals surface area contributed by atoms with Crippen molar-refractivity contribution < 1.29 is 0 Å². The van der Waals surface area contributed by atoms with Gasteiger partial charge in [-0.3, -0.25) is 0 Å². The molecule has 0 radical (unpaired) electrons. The lowest BCUT2D eigenvalue weighted by atomic mass is 9.89. The maximum Gasteiger partial charge on any atom is 0.204 e. The van der Waals surface area contributed by atoms with Crippen LogP contribution >= 0.6 is 0 Å². The van der Waals surface area contributed by atoms with Crippen LogP contribution in [0, 0.1) is 0 Å². The summed E-state index contributed by atoms with van der Waals surface area (Å²) in [4.78, 5) is 1.98. The van der Waals surface area contributed by atoms with E-state index in [1.807, 2.05) is 19.0 Å². The first-order valence-electron chi connectivity index (χ1n) is 2.73. The second kappa shape index (κ2) is 3.55. The van der Waals surface area contributed by atoms with E-state index in [0.29, 0.717) is 7.41 Å². The zero-order valence-electron chi connectivity index (χ0n) is 5.65. The molecule has 0 aromatic rings. The first-order chi connectivity index (χ1) is 3.68. The molecule has 0 fully saturated rings. The lowest BCUT2D eigenvalue weighted by molar-refractivity contribution is 0.516. The fraction of sp³-hybridized carbons (Fsp3) is 0.600. The zero-order chi connectivity index (χ0) is 6.57. The molecular formula is C5H13BN2. The first kappa shape index (κ1) is 7.56. The van der Waals surface area contributed by atoms with Gasteiger partial charge in [-0.15, -0.1) is 0 Å². The summed E-state index contributed by atoms with van der Waals surface area (Å²) in [5.74, 6) is 0. The molecule has 0 aliphatic heterocycles. The molecule has 0 saturated heterocycles. The SMILES string of the molecule is C=C(CBN)N(C)C. The monoisotopic (exact) mass is 112 g/mol. The maximum absolute atomic E-state index is 5.28. The lowest BCUT2D eigenvalue weighted by Crippen LogP contribution is -2.14. The Kier molecular flexibility index (Phi) is 3.36. The molecule has 0 aliphatic carbocycles. The third kappa shape index (κ3) is 2.69. The first-order valence-corrected chi connectivity index (χ1v) is 2.73. The van der Waals surface area contributed by atoms with Crippen molar-refractivity contribution in [2.75, 3.05) is 14.1 Å². The van der Waals surface area contributed by atoms with Crippen molar-refractivity contribution in [3.8, 4) is 0 Å². The highest BCUT2D eigenvalue weighted by molar-refractivity contribution is 6.31. The summed E-state index contributed by atoms with van der Waals surface area (Å²) in [5, 5.41) is 0. The smallest absolute Gasteiger partial charge is 0.204 e. The van der Waals surface area contributed by atoms with Crippen LogP contribution in [0.3, 0.4) is 0 Å². The van der Waals surface area contributed by atoms with Crippen molar-refractivity contribution in [1.82, 2.24) is 4.90 Å². The van der Waals surface area contributed by atoms with Crippen LogP contribution in [-0.4, -0.2) is 26.4 Å². The second-order valence-electron chi connectivity index (χ2n) is 2.00. The van der Waals surface area contributed by atoms with E-state index in [1.54, 1.807) is 0 Å². The zero-order valence-corrected chi connectivity index (χ0v) is 5.65. The Morgan fingerprint density at radius 1 is 1.75 bits per heavy atom. The summed E-state index contributed by atoms with van der Waals surface area (Å²) in [6.45, 7) is 3.79. The molecule has 0 aliphatic rings. The highest BCUT2D eigenvalue weighted by Crippen LogP contribution is 1.97. The molecule has 0 aromatic heterocycles. The van der Waals surface area contributed by atoms with Crippen LogP contribution in [0.2, 0.25) is 6.32 Å². The van der Waals surface area contributed by atoms with Crippen molar-refractivity contribution >= 4 is 7.41 Å². The number of rotatable bonds is 3. The highest BCUT2D eigenvalue weighted by atomic mass is 15.1. The van der Waals surface area contributed by atoms with Crippen LogP contribution in [0.25, 0.3) is 0 Å². The Hall–Kier alpha value is -0.435. The van der Waals surface area contributed by atoms with Crippen LogP contribution in [0.5, 0.6) is 0 Å². The minimum absolute atomic E-state index is 0.691. The van der Waals surface area contributed by atoms with Gasteiger partial charge in [-0.2, -0.15) is 0 Å². The molecule has 0 rings (SSSR count). The molecule has 3 heteroatoms. The van der Waals surface area contributed by atoms with Gasteiger partial charge in [0, 0.05) is 14.1 Å². The van der Waals surface area contributed by atoms with Gasteiger partial charge in [-0.05, 0) is 12.0 Å². The number of nitrogens with two attached hydrogens (primary N) is 1. The molecular weight excluding hydrogens is 98.9 g/mol. The van der Waals surface area contributed by atoms with Gasteiger partial charge in [-0.25, -0.2) is 0 Å². The summed E-state index contributed by atoms with van der Waals surface area (Å²) < 4.78 is 0. The number of hydrogen-bond acceptors (Lipinski definition) is 2. The van der Waals surface area contributed by atoms with Crippen LogP contribution in [0.15, 0.2) is 12.3 Å². The molecule has 8 heavy (non-hydrogen) atoms. The molecule has 0 bridgehead atoms. The van der Waals surface area contributed by atoms with E-state index in [0.717, 1.165) is 12.0 Å². The van der Waals surface area contributed by atoms with E-state index in [4.69, 9.17) is 5.64 Å². The molecule has 2 nitrogen and oxygen atoms in total. The molecule has 46 valence electrons. The van der Waals surface area contributed by atoms with Crippen molar-refractivity contribution in [1.29, 1.82) is 0 Å². The van der Waals surface area contributed by atoms with E-state index < -0.39 is 0 Å². The Balaban J connectivity index is 3.33. The van der Waals surface area contributed by atoms with Gasteiger partial charge in [0.1, 0.15) is 0 Å². The second-order valence-corrected chi connectivity index (χ2v) is 2.00. The van der Waals surface area contributed by atoms with E-state index in [9.17, 15) is 0 Å². The third-order valence-electron chi connectivity index (χ3n) is 1.07. The third-order valence-corrected chi connectivity index (χ3v) is 1.07. The van der Waals surface area contributed by atoms with Gasteiger partial charge in [0.05, 0.1) is 0 Å². The topological polar surface area (TPSA) is 29.3 Å². The molecule has 0 heterocycles. The Morgan fingerprint density at radius 2 is 2.25 bits per heavy atom. The molecule has 0 saturated carbocycles. The van der Waals surface area contributed by atoms with Gasteiger partial charge in [-0.1, -0.05) is 6.58 Å². The van der Waals surface area contributed by atoms with Crippen molar-refractivity contribution in [3.05, 3.63) is 12.3 Å². The molecule has 0 amide bonds. The molecule has 0 atom stereocenters. The number of hydrogen-bond donors (Lipinski definition) is 1. The van der Waals surface area contributed by atoms with Gasteiger partial charge >= 0.3 is 0 Å². The standard InChI is InChI=1S/C5H13BN2/c1-5(4-6-7)8(2)3/h6H,1,4,7H2,2-3H3. The summed E-state index contributed by atoms with van der Waals surface area (Å²) in [7, 11) is 4.63. The molecule has 0 unspecified atom stereocenters. The summed E-state index contributed by atoms with van der Waals surface area (Å²) in [6, 6.07) is 0. The fourth-order valence-corrected chi connectivity index (χ4v) is 0.390. The Morgan fingerprint density at radius 3 is 2.38 bits per heavy atom. The lowest BCUT2D eigenvalue weighted by Gasteiger charge is -2.13. The van der Waals surface area contributed by atoms with Gasteiger partial charge in [0.2, 0.25) is 7.41 Å². The predicted molar refractivity (Wildman–Crippen MR) is 39.0 cm³/mol. The molecule has 2 N–H and O–H groups in total. The average Bonchev–Trinajstić information content (AvgIpc) is 1.67. The minimum Gasteiger partial charge on any atom is -0.382 e. The van der Waals surface area contributed by atoms with E-state index in [2.05, 4.69) is 6.58 Å². The van der Waals surface area contributed by atoms with Crippen LogP contribution < -0.4 is 5.64 Å². The van der Waals surface area contributed by atoms with Crippen LogP contribution in [-0.2, 0) is 0 Å². The summed E-state index contributed by atoms with van der Waals surface area (Å²) >= 11 is 0. The van der Waals surface area contributed by atoms with E-state index in [-0.39, 0.29) is 0 Å². The van der Waals surface area contributed by atoms with Crippen molar-refractivity contribution in [2.45, 2.75) is 6.32 Å². The summed E-state index contributed by atoms with van der Waals surface area (Å²) in [5.41, 5.74) is 6.37. The quantitative estimate of drug-likeness (QED) is 0.512. The maximum atomic E-state index is 5.28. The van der Waals surface area contributed by atoms with Crippen molar-refractivity contribution in [2.24, 2.45) is 5.64 Å². The van der Waals surface area contributed by atoms with Crippen LogP contribution in [0.4, 0.5) is 0 Å².